The molecule has 0 saturated carbocycles. The van der Waals surface area contributed by atoms with Crippen molar-refractivity contribution in [2.24, 2.45) is 7.05 Å². The molecule has 0 saturated heterocycles. The van der Waals surface area contributed by atoms with E-state index in [0.29, 0.717) is 5.56 Å². The Morgan fingerprint density at radius 1 is 1.16 bits per heavy atom. The predicted octanol–water partition coefficient (Wildman–Crippen LogP) is 1.96. The molecule has 2 aromatic rings. The molecule has 7 heteroatoms. The van der Waals surface area contributed by atoms with E-state index in [1.165, 1.54) is 31.2 Å². The molecule has 1 aromatic heterocycles. The van der Waals surface area contributed by atoms with Crippen molar-refractivity contribution < 1.29 is 18.3 Å². The van der Waals surface area contributed by atoms with Crippen LogP contribution in [0.1, 0.15) is 0 Å². The van der Waals surface area contributed by atoms with Gasteiger partial charge in [-0.2, -0.15) is 9.49 Å². The summed E-state index contributed by atoms with van der Waals surface area (Å²) in [6.07, 6.45) is 1.39. The number of hydrogen-bond donors (Lipinski definition) is 1. The molecule has 1 aromatic carbocycles. The minimum atomic E-state index is -0.895. The topological polar surface area (TPSA) is 62.3 Å². The molecule has 0 fully saturated rings. The molecule has 0 aliphatic rings. The second-order valence-corrected chi connectivity index (χ2v) is 3.85. The van der Waals surface area contributed by atoms with Crippen molar-refractivity contribution in [2.45, 2.75) is 0 Å². The molecule has 0 aliphatic heterocycles. The van der Waals surface area contributed by atoms with Crippen LogP contribution in [0, 0.1) is 11.6 Å². The quantitative estimate of drug-likeness (QED) is 0.925. The van der Waals surface area contributed by atoms with Crippen molar-refractivity contribution in [3.63, 3.8) is 0 Å². The number of ether oxygens (including phenoxy) is 2. The molecule has 0 atom stereocenters. The Morgan fingerprint density at radius 2 is 1.84 bits per heavy atom. The van der Waals surface area contributed by atoms with Crippen LogP contribution in [0.25, 0.3) is 11.1 Å². The fraction of sp³-hybridized carbons (Fsp3) is 0.250. The van der Waals surface area contributed by atoms with E-state index < -0.39 is 17.4 Å². The molecule has 19 heavy (non-hydrogen) atoms. The first-order chi connectivity index (χ1) is 9.01. The fourth-order valence-corrected chi connectivity index (χ4v) is 1.77. The van der Waals surface area contributed by atoms with Gasteiger partial charge in [-0.15, -0.1) is 0 Å². The van der Waals surface area contributed by atoms with E-state index in [-0.39, 0.29) is 17.1 Å². The maximum Gasteiger partial charge on any atom is 0.209 e. The first-order valence-electron chi connectivity index (χ1n) is 5.39. The van der Waals surface area contributed by atoms with E-state index in [2.05, 4.69) is 5.10 Å². The Bertz CT molecular complexity index is 626. The molecule has 0 aliphatic carbocycles. The number of anilines is 1. The van der Waals surface area contributed by atoms with Crippen molar-refractivity contribution in [1.82, 2.24) is 9.78 Å². The zero-order valence-corrected chi connectivity index (χ0v) is 10.7. The number of nitrogen functional groups attached to an aromatic ring is 1. The molecule has 0 bridgehead atoms. The van der Waals surface area contributed by atoms with Crippen molar-refractivity contribution in [2.75, 3.05) is 20.0 Å². The lowest BCUT2D eigenvalue weighted by Crippen LogP contribution is -2.01. The van der Waals surface area contributed by atoms with Crippen LogP contribution in [-0.4, -0.2) is 24.0 Å². The molecule has 0 spiro atoms. The van der Waals surface area contributed by atoms with E-state index in [0.717, 1.165) is 0 Å². The van der Waals surface area contributed by atoms with Gasteiger partial charge in [0.05, 0.1) is 20.4 Å². The number of rotatable bonds is 3. The third kappa shape index (κ3) is 1.96. The van der Waals surface area contributed by atoms with Gasteiger partial charge in [-0.3, -0.25) is 4.68 Å². The lowest BCUT2D eigenvalue weighted by atomic mass is 10.1. The highest BCUT2D eigenvalue weighted by Crippen LogP contribution is 2.38. The number of nitrogens with two attached hydrogens (primary N) is 1. The number of methoxy groups -OCH3 is 2. The number of benzene rings is 1. The summed E-state index contributed by atoms with van der Waals surface area (Å²) in [5.74, 6) is -2.13. The third-order valence-corrected chi connectivity index (χ3v) is 2.83. The van der Waals surface area contributed by atoms with Crippen LogP contribution in [0.4, 0.5) is 14.6 Å². The first-order valence-corrected chi connectivity index (χ1v) is 5.39. The van der Waals surface area contributed by atoms with Crippen LogP contribution < -0.4 is 15.2 Å². The lowest BCUT2D eigenvalue weighted by Gasteiger charge is -2.12. The highest BCUT2D eigenvalue weighted by atomic mass is 19.1. The Kier molecular flexibility index (Phi) is 3.28. The van der Waals surface area contributed by atoms with Gasteiger partial charge in [-0.1, -0.05) is 0 Å². The van der Waals surface area contributed by atoms with Gasteiger partial charge in [0.15, 0.2) is 17.3 Å². The Hall–Kier alpha value is -2.31. The van der Waals surface area contributed by atoms with Crippen LogP contribution in [0.5, 0.6) is 11.5 Å². The molecule has 5 nitrogen and oxygen atoms in total. The number of aromatic nitrogens is 2. The van der Waals surface area contributed by atoms with E-state index in [1.807, 2.05) is 0 Å². The maximum absolute atomic E-state index is 14.2. The molecule has 0 unspecified atom stereocenters. The number of halogens is 2. The van der Waals surface area contributed by atoms with Gasteiger partial charge in [0.2, 0.25) is 5.82 Å². The highest BCUT2D eigenvalue weighted by Gasteiger charge is 2.23. The average Bonchev–Trinajstić information content (AvgIpc) is 2.71. The number of nitrogens with zero attached hydrogens (tertiary/aromatic N) is 2. The van der Waals surface area contributed by atoms with E-state index in [4.69, 9.17) is 15.2 Å². The van der Waals surface area contributed by atoms with E-state index in [1.54, 1.807) is 7.05 Å². The summed E-state index contributed by atoms with van der Waals surface area (Å²) >= 11 is 0. The zero-order chi connectivity index (χ0) is 14.2. The predicted molar refractivity (Wildman–Crippen MR) is 66.1 cm³/mol. The highest BCUT2D eigenvalue weighted by molar-refractivity contribution is 5.76. The summed E-state index contributed by atoms with van der Waals surface area (Å²) in [6, 6.07) is 1.22. The van der Waals surface area contributed by atoms with Gasteiger partial charge in [-0.25, -0.2) is 4.39 Å². The summed E-state index contributed by atoms with van der Waals surface area (Å²) in [5.41, 5.74) is 6.20. The summed E-state index contributed by atoms with van der Waals surface area (Å²) in [6.45, 7) is 0. The van der Waals surface area contributed by atoms with Crippen molar-refractivity contribution >= 4 is 5.82 Å². The Labute approximate surface area is 108 Å². The van der Waals surface area contributed by atoms with Gasteiger partial charge < -0.3 is 15.2 Å². The lowest BCUT2D eigenvalue weighted by molar-refractivity contribution is 0.334. The van der Waals surface area contributed by atoms with Gasteiger partial charge in [-0.05, 0) is 6.07 Å². The van der Waals surface area contributed by atoms with Crippen LogP contribution in [0.2, 0.25) is 0 Å². The molecule has 2 rings (SSSR count). The third-order valence-electron chi connectivity index (χ3n) is 2.83. The van der Waals surface area contributed by atoms with Crippen LogP contribution in [-0.2, 0) is 7.05 Å². The van der Waals surface area contributed by atoms with Crippen molar-refractivity contribution in [1.29, 1.82) is 0 Å². The molecule has 0 amide bonds. The fourth-order valence-electron chi connectivity index (χ4n) is 1.77. The minimum absolute atomic E-state index is 0.0701. The molecule has 102 valence electrons. The molecule has 0 radical (unpaired) electrons. The van der Waals surface area contributed by atoms with Crippen LogP contribution in [0.3, 0.4) is 0 Å². The summed E-state index contributed by atoms with van der Waals surface area (Å²) in [5, 5.41) is 3.92. The molecule has 1 heterocycles. The number of aryl methyl sites for hydroxylation is 1. The second kappa shape index (κ2) is 4.75. The largest absolute Gasteiger partial charge is 0.494 e. The smallest absolute Gasteiger partial charge is 0.209 e. The SMILES string of the molecule is COc1cc(-c2cnn(C)c2N)c(F)c(OC)c1F. The molecular formula is C12H13F2N3O2. The monoisotopic (exact) mass is 269 g/mol. The zero-order valence-electron chi connectivity index (χ0n) is 10.7. The van der Waals surface area contributed by atoms with Crippen molar-refractivity contribution in [3.05, 3.63) is 23.9 Å². The van der Waals surface area contributed by atoms with Crippen molar-refractivity contribution in [3.8, 4) is 22.6 Å². The van der Waals surface area contributed by atoms with E-state index >= 15 is 0 Å². The second-order valence-electron chi connectivity index (χ2n) is 3.85. The Morgan fingerprint density at radius 3 is 2.32 bits per heavy atom. The summed E-state index contributed by atoms with van der Waals surface area (Å²) in [4.78, 5) is 0. The summed E-state index contributed by atoms with van der Waals surface area (Å²) in [7, 11) is 4.08. The van der Waals surface area contributed by atoms with Gasteiger partial charge in [0.1, 0.15) is 5.82 Å². The Balaban J connectivity index is 2.73. The van der Waals surface area contributed by atoms with Gasteiger partial charge in [0.25, 0.3) is 0 Å². The van der Waals surface area contributed by atoms with Crippen LogP contribution >= 0.6 is 0 Å². The van der Waals surface area contributed by atoms with Crippen LogP contribution in [0.15, 0.2) is 12.3 Å². The van der Waals surface area contributed by atoms with Gasteiger partial charge in [0, 0.05) is 18.2 Å². The number of hydrogen-bond acceptors (Lipinski definition) is 4. The maximum atomic E-state index is 14.2. The van der Waals surface area contributed by atoms with E-state index in [9.17, 15) is 8.78 Å². The summed E-state index contributed by atoms with van der Waals surface area (Å²) < 4.78 is 39.0. The molecular weight excluding hydrogens is 256 g/mol. The standard InChI is InChI=1S/C12H13F2N3O2/c1-17-12(15)7(5-16-17)6-4-8(18-2)10(14)11(19-3)9(6)13/h4-5H,15H2,1-3H3. The minimum Gasteiger partial charge on any atom is -0.494 e. The van der Waals surface area contributed by atoms with Gasteiger partial charge >= 0.3 is 0 Å². The first kappa shape index (κ1) is 13.1. The molecule has 2 N–H and O–H groups in total. The average molecular weight is 269 g/mol. The normalized spacial score (nSPS) is 10.6.